The van der Waals surface area contributed by atoms with Crippen LogP contribution in [0.4, 0.5) is 0 Å². The summed E-state index contributed by atoms with van der Waals surface area (Å²) in [6.45, 7) is 0.464. The highest BCUT2D eigenvalue weighted by Gasteiger charge is 2.14. The van der Waals surface area contributed by atoms with Crippen molar-refractivity contribution in [3.05, 3.63) is 45.9 Å². The minimum Gasteiger partial charge on any atom is -0.478 e. The summed E-state index contributed by atoms with van der Waals surface area (Å²) in [6, 6.07) is 1.68. The highest BCUT2D eigenvalue weighted by atomic mass is 32.1. The number of thiophene rings is 1. The van der Waals surface area contributed by atoms with E-state index in [0.29, 0.717) is 12.1 Å². The number of carboxylic acids is 1. The lowest BCUT2D eigenvalue weighted by Gasteiger charge is -2.15. The Bertz CT molecular complexity index is 631. The van der Waals surface area contributed by atoms with Crippen LogP contribution in [0, 0.1) is 0 Å². The van der Waals surface area contributed by atoms with E-state index in [1.54, 1.807) is 35.8 Å². The number of aromatic nitrogens is 2. The number of nitrogens with one attached hydrogen (secondary N) is 1. The van der Waals surface area contributed by atoms with E-state index in [4.69, 9.17) is 5.11 Å². The second kappa shape index (κ2) is 6.16. The van der Waals surface area contributed by atoms with Gasteiger partial charge in [0.1, 0.15) is 0 Å². The highest BCUT2D eigenvalue weighted by Crippen LogP contribution is 2.18. The van der Waals surface area contributed by atoms with Gasteiger partial charge >= 0.3 is 5.97 Å². The molecule has 1 amide bonds. The van der Waals surface area contributed by atoms with Crippen LogP contribution in [0.1, 0.15) is 20.8 Å². The van der Waals surface area contributed by atoms with E-state index < -0.39 is 5.97 Å². The zero-order valence-corrected chi connectivity index (χ0v) is 11.6. The Morgan fingerprint density at radius 2 is 2.35 bits per heavy atom. The first-order chi connectivity index (χ1) is 9.56. The molecular formula is C13H13N3O3S. The number of rotatable bonds is 5. The molecule has 2 aromatic rings. The number of carbonyl (C=O) groups is 2. The molecule has 0 unspecified atom stereocenters. The number of hydrogen-bond acceptors (Lipinski definition) is 4. The van der Waals surface area contributed by atoms with Gasteiger partial charge in [0.15, 0.2) is 0 Å². The standard InChI is InChI=1S/C13H13N3O3S/c1-16(7-9-5-14-15-6-9)13(19)10-4-11(20-8-10)2-3-12(17)18/h2-6,8H,7H2,1H3,(H,14,15)(H,17,18). The van der Waals surface area contributed by atoms with Crippen LogP contribution in [0.3, 0.4) is 0 Å². The Morgan fingerprint density at radius 1 is 1.55 bits per heavy atom. The fourth-order valence-electron chi connectivity index (χ4n) is 1.64. The van der Waals surface area contributed by atoms with Gasteiger partial charge in [0, 0.05) is 41.7 Å². The molecule has 2 rings (SSSR count). The molecule has 0 radical (unpaired) electrons. The van der Waals surface area contributed by atoms with Gasteiger partial charge in [-0.3, -0.25) is 9.89 Å². The molecule has 0 fully saturated rings. The lowest BCUT2D eigenvalue weighted by molar-refractivity contribution is -0.131. The number of carboxylic acid groups (broad SMARTS) is 1. The largest absolute Gasteiger partial charge is 0.478 e. The van der Waals surface area contributed by atoms with Crippen LogP contribution in [-0.2, 0) is 11.3 Å². The zero-order valence-electron chi connectivity index (χ0n) is 10.7. The predicted octanol–water partition coefficient (Wildman–Crippen LogP) is 1.84. The topological polar surface area (TPSA) is 86.3 Å². The molecule has 20 heavy (non-hydrogen) atoms. The maximum absolute atomic E-state index is 12.2. The van der Waals surface area contributed by atoms with Crippen molar-refractivity contribution in [3.8, 4) is 0 Å². The van der Waals surface area contributed by atoms with Crippen LogP contribution in [0.2, 0.25) is 0 Å². The summed E-state index contributed by atoms with van der Waals surface area (Å²) < 4.78 is 0. The van der Waals surface area contributed by atoms with Gasteiger partial charge in [-0.15, -0.1) is 11.3 Å². The minimum absolute atomic E-state index is 0.113. The fourth-order valence-corrected chi connectivity index (χ4v) is 2.41. The van der Waals surface area contributed by atoms with Gasteiger partial charge in [-0.25, -0.2) is 4.79 Å². The summed E-state index contributed by atoms with van der Waals surface area (Å²) in [4.78, 5) is 24.9. The predicted molar refractivity (Wildman–Crippen MR) is 75.4 cm³/mol. The molecule has 2 N–H and O–H groups in total. The fraction of sp³-hybridized carbons (Fsp3) is 0.154. The van der Waals surface area contributed by atoms with Crippen molar-refractivity contribution >= 4 is 29.3 Å². The van der Waals surface area contributed by atoms with Gasteiger partial charge in [-0.1, -0.05) is 0 Å². The van der Waals surface area contributed by atoms with Gasteiger partial charge in [-0.05, 0) is 12.1 Å². The van der Waals surface area contributed by atoms with E-state index >= 15 is 0 Å². The van der Waals surface area contributed by atoms with Crippen LogP contribution >= 0.6 is 11.3 Å². The van der Waals surface area contributed by atoms with E-state index in [-0.39, 0.29) is 5.91 Å². The number of amides is 1. The summed E-state index contributed by atoms with van der Waals surface area (Å²) in [5, 5.41) is 16.8. The molecule has 0 saturated carbocycles. The van der Waals surface area contributed by atoms with Crippen LogP contribution in [-0.4, -0.2) is 39.1 Å². The minimum atomic E-state index is -1.01. The average Bonchev–Trinajstić information content (AvgIpc) is 3.06. The first kappa shape index (κ1) is 14.0. The van der Waals surface area contributed by atoms with Crippen molar-refractivity contribution in [1.29, 1.82) is 0 Å². The maximum Gasteiger partial charge on any atom is 0.328 e. The number of aliphatic carboxylic acids is 1. The van der Waals surface area contributed by atoms with Crippen molar-refractivity contribution in [2.45, 2.75) is 6.54 Å². The zero-order chi connectivity index (χ0) is 14.5. The van der Waals surface area contributed by atoms with Crippen molar-refractivity contribution in [3.63, 3.8) is 0 Å². The van der Waals surface area contributed by atoms with E-state index in [0.717, 1.165) is 16.5 Å². The van der Waals surface area contributed by atoms with Crippen molar-refractivity contribution < 1.29 is 14.7 Å². The number of hydrogen-bond donors (Lipinski definition) is 2. The van der Waals surface area contributed by atoms with Gasteiger partial charge in [0.2, 0.25) is 0 Å². The molecule has 2 heterocycles. The van der Waals surface area contributed by atoms with Crippen molar-refractivity contribution in [2.75, 3.05) is 7.05 Å². The molecule has 0 atom stereocenters. The highest BCUT2D eigenvalue weighted by molar-refractivity contribution is 7.11. The van der Waals surface area contributed by atoms with E-state index in [1.165, 1.54) is 17.4 Å². The molecule has 0 aromatic carbocycles. The first-order valence-corrected chi connectivity index (χ1v) is 6.67. The Labute approximate surface area is 119 Å². The molecule has 6 nitrogen and oxygen atoms in total. The quantitative estimate of drug-likeness (QED) is 0.823. The SMILES string of the molecule is CN(Cc1cn[nH]c1)C(=O)c1csc(C=CC(=O)O)c1. The molecule has 0 bridgehead atoms. The molecule has 0 aliphatic carbocycles. The second-order valence-electron chi connectivity index (χ2n) is 4.18. The molecular weight excluding hydrogens is 278 g/mol. The molecule has 0 aliphatic heterocycles. The lowest BCUT2D eigenvalue weighted by atomic mass is 10.2. The lowest BCUT2D eigenvalue weighted by Crippen LogP contribution is -2.25. The van der Waals surface area contributed by atoms with E-state index in [9.17, 15) is 9.59 Å². The summed E-state index contributed by atoms with van der Waals surface area (Å²) in [6.07, 6.45) is 5.92. The Morgan fingerprint density at radius 3 is 3.00 bits per heavy atom. The molecule has 0 spiro atoms. The van der Waals surface area contributed by atoms with Crippen LogP contribution in [0.5, 0.6) is 0 Å². The molecule has 0 saturated heterocycles. The van der Waals surface area contributed by atoms with E-state index in [1.807, 2.05) is 0 Å². The summed E-state index contributed by atoms with van der Waals surface area (Å²) in [7, 11) is 1.71. The van der Waals surface area contributed by atoms with Crippen LogP contribution in [0.15, 0.2) is 29.9 Å². The summed E-state index contributed by atoms with van der Waals surface area (Å²) in [5.41, 5.74) is 1.47. The summed E-state index contributed by atoms with van der Waals surface area (Å²) >= 11 is 1.33. The number of nitrogens with zero attached hydrogens (tertiary/aromatic N) is 2. The normalized spacial score (nSPS) is 10.8. The smallest absolute Gasteiger partial charge is 0.328 e. The van der Waals surface area contributed by atoms with Gasteiger partial charge in [0.25, 0.3) is 5.91 Å². The van der Waals surface area contributed by atoms with E-state index in [2.05, 4.69) is 10.2 Å². The second-order valence-corrected chi connectivity index (χ2v) is 5.12. The Balaban J connectivity index is 2.03. The molecule has 7 heteroatoms. The van der Waals surface area contributed by atoms with Gasteiger partial charge in [0.05, 0.1) is 11.8 Å². The number of carbonyl (C=O) groups excluding carboxylic acids is 1. The van der Waals surface area contributed by atoms with Gasteiger partial charge < -0.3 is 10.0 Å². The average molecular weight is 291 g/mol. The number of aromatic amines is 1. The van der Waals surface area contributed by atoms with Crippen LogP contribution < -0.4 is 0 Å². The third kappa shape index (κ3) is 3.55. The third-order valence-corrected chi connectivity index (χ3v) is 3.48. The van der Waals surface area contributed by atoms with Gasteiger partial charge in [-0.2, -0.15) is 5.10 Å². The Hall–Kier alpha value is -2.41. The molecule has 0 aliphatic rings. The van der Waals surface area contributed by atoms with Crippen molar-refractivity contribution in [1.82, 2.24) is 15.1 Å². The monoisotopic (exact) mass is 291 g/mol. The first-order valence-electron chi connectivity index (χ1n) is 5.79. The third-order valence-electron chi connectivity index (χ3n) is 2.58. The maximum atomic E-state index is 12.2. The van der Waals surface area contributed by atoms with Crippen LogP contribution in [0.25, 0.3) is 6.08 Å². The molecule has 2 aromatic heterocycles. The Kier molecular flexibility index (Phi) is 4.31. The molecule has 104 valence electrons. The van der Waals surface area contributed by atoms with Crippen molar-refractivity contribution in [2.24, 2.45) is 0 Å². The summed E-state index contributed by atoms with van der Waals surface area (Å²) in [5.74, 6) is -1.12. The number of H-pyrrole nitrogens is 1.